The summed E-state index contributed by atoms with van der Waals surface area (Å²) in [6.07, 6.45) is -1.00. The smallest absolute Gasteiger partial charge is 0.404 e. The van der Waals surface area contributed by atoms with Gasteiger partial charge in [0.25, 0.3) is 0 Å². The molecule has 0 unspecified atom stereocenters. The molecule has 0 aliphatic heterocycles. The van der Waals surface area contributed by atoms with Crippen LogP contribution in [0.4, 0.5) is 4.79 Å². The summed E-state index contributed by atoms with van der Waals surface area (Å²) in [6, 6.07) is 7.19. The molecule has 0 saturated heterocycles. The van der Waals surface area contributed by atoms with Gasteiger partial charge in [-0.25, -0.2) is 9.78 Å². The minimum absolute atomic E-state index is 0.0258. The quantitative estimate of drug-likeness (QED) is 0.852. The first kappa shape index (κ1) is 11.1. The van der Waals surface area contributed by atoms with E-state index in [0.29, 0.717) is 17.0 Å². The van der Waals surface area contributed by atoms with Gasteiger partial charge in [0.05, 0.1) is 6.42 Å². The maximum atomic E-state index is 11.4. The standard InChI is InChI=1S/C11H10N2O4/c12-11(15)16-6-7(14)5-10-13-8-3-1-2-4-9(8)17-10/h1-4H,5-6H2,(H2,12,15). The number of hydrogen-bond donors (Lipinski definition) is 1. The Morgan fingerprint density at radius 2 is 2.12 bits per heavy atom. The van der Waals surface area contributed by atoms with E-state index < -0.39 is 6.09 Å². The Morgan fingerprint density at radius 1 is 1.35 bits per heavy atom. The van der Waals surface area contributed by atoms with E-state index in [-0.39, 0.29) is 18.8 Å². The third-order valence-corrected chi connectivity index (χ3v) is 2.06. The highest BCUT2D eigenvalue weighted by Crippen LogP contribution is 2.14. The third-order valence-electron chi connectivity index (χ3n) is 2.06. The predicted octanol–water partition coefficient (Wildman–Crippen LogP) is 1.03. The molecule has 1 aromatic carbocycles. The molecule has 0 bridgehead atoms. The zero-order valence-electron chi connectivity index (χ0n) is 8.88. The summed E-state index contributed by atoms with van der Waals surface area (Å²) in [5.74, 6) is -0.0281. The number of hydrogen-bond acceptors (Lipinski definition) is 5. The number of benzene rings is 1. The molecule has 0 spiro atoms. The van der Waals surface area contributed by atoms with Gasteiger partial charge in [-0.15, -0.1) is 0 Å². The van der Waals surface area contributed by atoms with Crippen LogP contribution < -0.4 is 5.73 Å². The molecule has 2 N–H and O–H groups in total. The van der Waals surface area contributed by atoms with Crippen LogP contribution in [0.5, 0.6) is 0 Å². The first-order chi connectivity index (χ1) is 8.15. The van der Waals surface area contributed by atoms with Crippen LogP contribution in [0.3, 0.4) is 0 Å². The van der Waals surface area contributed by atoms with Crippen molar-refractivity contribution >= 4 is 23.0 Å². The number of amides is 1. The summed E-state index contributed by atoms with van der Waals surface area (Å²) < 4.78 is 9.71. The SMILES string of the molecule is NC(=O)OCC(=O)Cc1nc2ccccc2o1. The normalized spacial score (nSPS) is 10.4. The molecule has 0 saturated carbocycles. The van der Waals surface area contributed by atoms with E-state index in [1.807, 2.05) is 12.1 Å². The number of carbonyl (C=O) groups is 2. The van der Waals surface area contributed by atoms with Gasteiger partial charge in [0, 0.05) is 0 Å². The molecule has 1 heterocycles. The summed E-state index contributed by atoms with van der Waals surface area (Å²) in [7, 11) is 0. The fraction of sp³-hybridized carbons (Fsp3) is 0.182. The molecule has 6 nitrogen and oxygen atoms in total. The minimum atomic E-state index is -0.976. The maximum Gasteiger partial charge on any atom is 0.404 e. The van der Waals surface area contributed by atoms with Gasteiger partial charge in [0.2, 0.25) is 5.89 Å². The van der Waals surface area contributed by atoms with Gasteiger partial charge in [0.15, 0.2) is 18.0 Å². The summed E-state index contributed by atoms with van der Waals surface area (Å²) in [4.78, 5) is 25.8. The number of rotatable bonds is 4. The third kappa shape index (κ3) is 2.81. The van der Waals surface area contributed by atoms with Crippen LogP contribution in [-0.2, 0) is 16.0 Å². The molecule has 0 fully saturated rings. The number of aromatic nitrogens is 1. The summed E-state index contributed by atoms with van der Waals surface area (Å²) in [5.41, 5.74) is 6.05. The second-order valence-electron chi connectivity index (χ2n) is 3.40. The van der Waals surface area contributed by atoms with E-state index in [1.165, 1.54) is 0 Å². The van der Waals surface area contributed by atoms with Crippen LogP contribution >= 0.6 is 0 Å². The number of Topliss-reactive ketones (excluding diaryl/α,β-unsaturated/α-hetero) is 1. The Morgan fingerprint density at radius 3 is 2.82 bits per heavy atom. The first-order valence-corrected chi connectivity index (χ1v) is 4.93. The largest absolute Gasteiger partial charge is 0.442 e. The molecule has 0 radical (unpaired) electrons. The second-order valence-corrected chi connectivity index (χ2v) is 3.40. The Hall–Kier alpha value is -2.37. The van der Waals surface area contributed by atoms with Crippen molar-refractivity contribution in [3.63, 3.8) is 0 Å². The molecule has 0 aliphatic rings. The molecule has 17 heavy (non-hydrogen) atoms. The van der Waals surface area contributed by atoms with Crippen LogP contribution in [0.15, 0.2) is 28.7 Å². The highest BCUT2D eigenvalue weighted by Gasteiger charge is 2.11. The molecule has 88 valence electrons. The van der Waals surface area contributed by atoms with Crippen molar-refractivity contribution in [2.75, 3.05) is 6.61 Å². The zero-order valence-corrected chi connectivity index (χ0v) is 8.88. The number of carbonyl (C=O) groups excluding carboxylic acids is 2. The van der Waals surface area contributed by atoms with Crippen molar-refractivity contribution in [2.45, 2.75) is 6.42 Å². The number of ether oxygens (including phenoxy) is 1. The average Bonchev–Trinajstić information content (AvgIpc) is 2.68. The lowest BCUT2D eigenvalue weighted by molar-refractivity contribution is -0.121. The number of fused-ring (bicyclic) bond motifs is 1. The number of primary amides is 1. The minimum Gasteiger partial charge on any atom is -0.442 e. The van der Waals surface area contributed by atoms with E-state index in [1.54, 1.807) is 12.1 Å². The maximum absolute atomic E-state index is 11.4. The lowest BCUT2D eigenvalue weighted by Crippen LogP contribution is -2.19. The van der Waals surface area contributed by atoms with Crippen molar-refractivity contribution < 1.29 is 18.7 Å². The first-order valence-electron chi connectivity index (χ1n) is 4.93. The highest BCUT2D eigenvalue weighted by molar-refractivity contribution is 5.83. The summed E-state index contributed by atoms with van der Waals surface area (Å²) >= 11 is 0. The molecular formula is C11H10N2O4. The molecule has 0 aliphatic carbocycles. The van der Waals surface area contributed by atoms with Crippen molar-refractivity contribution in [1.29, 1.82) is 0 Å². The van der Waals surface area contributed by atoms with Crippen molar-refractivity contribution in [2.24, 2.45) is 5.73 Å². The van der Waals surface area contributed by atoms with Crippen LogP contribution in [0.2, 0.25) is 0 Å². The average molecular weight is 234 g/mol. The fourth-order valence-corrected chi connectivity index (χ4v) is 1.37. The Labute approximate surface area is 96.4 Å². The van der Waals surface area contributed by atoms with Crippen LogP contribution in [-0.4, -0.2) is 23.5 Å². The molecule has 0 atom stereocenters. The van der Waals surface area contributed by atoms with Crippen molar-refractivity contribution in [3.8, 4) is 0 Å². The number of nitrogens with two attached hydrogens (primary N) is 1. The molecule has 2 aromatic rings. The number of nitrogens with zero attached hydrogens (tertiary/aromatic N) is 1. The number of para-hydroxylation sites is 2. The highest BCUT2D eigenvalue weighted by atomic mass is 16.5. The summed E-state index contributed by atoms with van der Waals surface area (Å²) in [6.45, 7) is -0.367. The van der Waals surface area contributed by atoms with Crippen molar-refractivity contribution in [1.82, 2.24) is 4.98 Å². The van der Waals surface area contributed by atoms with Gasteiger partial charge in [-0.05, 0) is 12.1 Å². The lowest BCUT2D eigenvalue weighted by atomic mass is 10.3. The van der Waals surface area contributed by atoms with Gasteiger partial charge in [0.1, 0.15) is 5.52 Å². The van der Waals surface area contributed by atoms with Crippen LogP contribution in [0.25, 0.3) is 11.1 Å². The zero-order chi connectivity index (χ0) is 12.3. The molecule has 2 rings (SSSR count). The second kappa shape index (κ2) is 4.65. The van der Waals surface area contributed by atoms with E-state index in [2.05, 4.69) is 9.72 Å². The van der Waals surface area contributed by atoms with Gasteiger partial charge in [-0.3, -0.25) is 4.79 Å². The number of oxazole rings is 1. The Balaban J connectivity index is 2.03. The Bertz CT molecular complexity index is 528. The van der Waals surface area contributed by atoms with E-state index in [0.717, 1.165) is 0 Å². The van der Waals surface area contributed by atoms with E-state index >= 15 is 0 Å². The van der Waals surface area contributed by atoms with E-state index in [9.17, 15) is 9.59 Å². The lowest BCUT2D eigenvalue weighted by Gasteiger charge is -1.97. The summed E-state index contributed by atoms with van der Waals surface area (Å²) in [5, 5.41) is 0. The van der Waals surface area contributed by atoms with E-state index in [4.69, 9.17) is 10.2 Å². The molecular weight excluding hydrogens is 224 g/mol. The molecule has 1 amide bonds. The van der Waals surface area contributed by atoms with Crippen LogP contribution in [0, 0.1) is 0 Å². The van der Waals surface area contributed by atoms with Crippen molar-refractivity contribution in [3.05, 3.63) is 30.2 Å². The fourth-order valence-electron chi connectivity index (χ4n) is 1.37. The van der Waals surface area contributed by atoms with Crippen LogP contribution in [0.1, 0.15) is 5.89 Å². The predicted molar refractivity (Wildman–Crippen MR) is 58.3 cm³/mol. The molecule has 1 aromatic heterocycles. The Kier molecular flexibility index (Phi) is 3.04. The topological polar surface area (TPSA) is 95.4 Å². The van der Waals surface area contributed by atoms with Gasteiger partial charge in [-0.1, -0.05) is 12.1 Å². The van der Waals surface area contributed by atoms with Gasteiger partial charge >= 0.3 is 6.09 Å². The van der Waals surface area contributed by atoms with Gasteiger partial charge in [-0.2, -0.15) is 0 Å². The number of ketones is 1. The van der Waals surface area contributed by atoms with Gasteiger partial charge < -0.3 is 14.9 Å². The monoisotopic (exact) mass is 234 g/mol. The molecule has 6 heteroatoms.